The third-order valence-corrected chi connectivity index (χ3v) is 3.86. The molecule has 1 aromatic carbocycles. The summed E-state index contributed by atoms with van der Waals surface area (Å²) < 4.78 is 0. The molecule has 0 aliphatic rings. The van der Waals surface area contributed by atoms with Gasteiger partial charge in [0.15, 0.2) is 0 Å². The quantitative estimate of drug-likeness (QED) is 0.807. The summed E-state index contributed by atoms with van der Waals surface area (Å²) in [4.78, 5) is 11.9. The number of hydrogen-bond acceptors (Lipinski definition) is 3. The number of carbonyl (C=O) groups excluding carboxylic acids is 1. The zero-order valence-electron chi connectivity index (χ0n) is 12.0. The molecule has 1 unspecified atom stereocenters. The van der Waals surface area contributed by atoms with E-state index in [1.807, 2.05) is 13.2 Å². The maximum atomic E-state index is 11.9. The molecule has 0 heterocycles. The SMILES string of the molecule is CCc1ccc(C(C)NC(=O)[C@H](N)CCSC)cc1. The van der Waals surface area contributed by atoms with Crippen LogP contribution in [0.25, 0.3) is 0 Å². The van der Waals surface area contributed by atoms with E-state index in [0.29, 0.717) is 6.42 Å². The van der Waals surface area contributed by atoms with Crippen molar-refractivity contribution in [2.45, 2.75) is 38.8 Å². The number of amides is 1. The molecule has 0 saturated heterocycles. The predicted octanol–water partition coefficient (Wildman–Crippen LogP) is 2.51. The molecule has 2 atom stereocenters. The predicted molar refractivity (Wildman–Crippen MR) is 83.4 cm³/mol. The molecule has 0 bridgehead atoms. The molecule has 1 aromatic rings. The van der Waals surface area contributed by atoms with Crippen molar-refractivity contribution in [3.05, 3.63) is 35.4 Å². The number of nitrogens with two attached hydrogens (primary N) is 1. The van der Waals surface area contributed by atoms with E-state index in [4.69, 9.17) is 5.73 Å². The third kappa shape index (κ3) is 5.25. The number of aryl methyl sites for hydroxylation is 1. The molecular weight excluding hydrogens is 256 g/mol. The first-order valence-corrected chi connectivity index (χ1v) is 8.11. The van der Waals surface area contributed by atoms with Crippen LogP contribution in [0.15, 0.2) is 24.3 Å². The van der Waals surface area contributed by atoms with Crippen LogP contribution in [-0.2, 0) is 11.2 Å². The second kappa shape index (κ2) is 8.23. The van der Waals surface area contributed by atoms with Gasteiger partial charge in [0.2, 0.25) is 5.91 Å². The molecule has 19 heavy (non-hydrogen) atoms. The molecule has 106 valence electrons. The summed E-state index contributed by atoms with van der Waals surface area (Å²) in [5.41, 5.74) is 8.27. The number of rotatable bonds is 7. The minimum atomic E-state index is -0.412. The summed E-state index contributed by atoms with van der Waals surface area (Å²) in [6.07, 6.45) is 3.76. The molecule has 0 aliphatic heterocycles. The largest absolute Gasteiger partial charge is 0.348 e. The summed E-state index contributed by atoms with van der Waals surface area (Å²) in [5, 5.41) is 2.97. The van der Waals surface area contributed by atoms with Crippen LogP contribution >= 0.6 is 11.8 Å². The zero-order valence-corrected chi connectivity index (χ0v) is 12.8. The van der Waals surface area contributed by atoms with Crippen LogP contribution in [0.1, 0.15) is 37.4 Å². The summed E-state index contributed by atoms with van der Waals surface area (Å²) >= 11 is 1.71. The van der Waals surface area contributed by atoms with Gasteiger partial charge in [-0.05, 0) is 42.9 Å². The monoisotopic (exact) mass is 280 g/mol. The standard InChI is InChI=1S/C15H24N2OS/c1-4-12-5-7-13(8-6-12)11(2)17-15(18)14(16)9-10-19-3/h5-8,11,14H,4,9-10,16H2,1-3H3,(H,17,18)/t11?,14-/m1/s1. The van der Waals surface area contributed by atoms with E-state index in [0.717, 1.165) is 17.7 Å². The summed E-state index contributed by atoms with van der Waals surface area (Å²) in [6, 6.07) is 7.93. The maximum absolute atomic E-state index is 11.9. The average Bonchev–Trinajstić information content (AvgIpc) is 2.44. The molecule has 3 nitrogen and oxygen atoms in total. The number of thioether (sulfide) groups is 1. The van der Waals surface area contributed by atoms with Crippen LogP contribution < -0.4 is 11.1 Å². The fourth-order valence-corrected chi connectivity index (χ4v) is 2.31. The summed E-state index contributed by atoms with van der Waals surface area (Å²) in [6.45, 7) is 4.12. The molecule has 4 heteroatoms. The first-order chi connectivity index (χ1) is 9.08. The summed E-state index contributed by atoms with van der Waals surface area (Å²) in [7, 11) is 0. The van der Waals surface area contributed by atoms with Gasteiger partial charge in [-0.15, -0.1) is 0 Å². The van der Waals surface area contributed by atoms with Gasteiger partial charge in [-0.25, -0.2) is 0 Å². The zero-order chi connectivity index (χ0) is 14.3. The van der Waals surface area contributed by atoms with Gasteiger partial charge in [0, 0.05) is 0 Å². The Morgan fingerprint density at radius 3 is 2.53 bits per heavy atom. The van der Waals surface area contributed by atoms with Crippen LogP contribution in [-0.4, -0.2) is 24.0 Å². The number of benzene rings is 1. The highest BCUT2D eigenvalue weighted by Crippen LogP contribution is 2.14. The number of hydrogen-bond donors (Lipinski definition) is 2. The van der Waals surface area contributed by atoms with E-state index in [9.17, 15) is 4.79 Å². The maximum Gasteiger partial charge on any atom is 0.237 e. The average molecular weight is 280 g/mol. The molecule has 0 aromatic heterocycles. The fraction of sp³-hybridized carbons (Fsp3) is 0.533. The molecular formula is C15H24N2OS. The van der Waals surface area contributed by atoms with E-state index < -0.39 is 6.04 Å². The van der Waals surface area contributed by atoms with Crippen molar-refractivity contribution < 1.29 is 4.79 Å². The van der Waals surface area contributed by atoms with Crippen molar-refractivity contribution in [1.82, 2.24) is 5.32 Å². The lowest BCUT2D eigenvalue weighted by atomic mass is 10.0. The molecule has 0 spiro atoms. The van der Waals surface area contributed by atoms with Crippen LogP contribution in [0.2, 0.25) is 0 Å². The van der Waals surface area contributed by atoms with Gasteiger partial charge < -0.3 is 11.1 Å². The second-order valence-electron chi connectivity index (χ2n) is 4.71. The van der Waals surface area contributed by atoms with Gasteiger partial charge in [-0.3, -0.25) is 4.79 Å². The highest BCUT2D eigenvalue weighted by Gasteiger charge is 2.16. The molecule has 1 amide bonds. The Morgan fingerprint density at radius 2 is 2.00 bits per heavy atom. The summed E-state index contributed by atoms with van der Waals surface area (Å²) in [5.74, 6) is 0.842. The van der Waals surface area contributed by atoms with E-state index in [1.165, 1.54) is 5.56 Å². The molecule has 3 N–H and O–H groups in total. The normalized spacial score (nSPS) is 13.9. The number of nitrogens with one attached hydrogen (secondary N) is 1. The first kappa shape index (κ1) is 16.1. The van der Waals surface area contributed by atoms with E-state index in [-0.39, 0.29) is 11.9 Å². The Hall–Kier alpha value is -1.00. The smallest absolute Gasteiger partial charge is 0.237 e. The molecule has 0 aliphatic carbocycles. The molecule has 0 fully saturated rings. The van der Waals surface area contributed by atoms with Crippen molar-refractivity contribution in [2.24, 2.45) is 5.73 Å². The minimum absolute atomic E-state index is 0.00117. The van der Waals surface area contributed by atoms with Crippen molar-refractivity contribution >= 4 is 17.7 Å². The highest BCUT2D eigenvalue weighted by molar-refractivity contribution is 7.98. The fourth-order valence-electron chi connectivity index (χ4n) is 1.82. The Bertz CT molecular complexity index is 392. The van der Waals surface area contributed by atoms with E-state index >= 15 is 0 Å². The van der Waals surface area contributed by atoms with Crippen LogP contribution in [0, 0.1) is 0 Å². The van der Waals surface area contributed by atoms with E-state index in [2.05, 4.69) is 36.5 Å². The Labute approximate surface area is 120 Å². The van der Waals surface area contributed by atoms with Crippen molar-refractivity contribution in [3.63, 3.8) is 0 Å². The van der Waals surface area contributed by atoms with Gasteiger partial charge in [0.1, 0.15) is 0 Å². The van der Waals surface area contributed by atoms with E-state index in [1.54, 1.807) is 11.8 Å². The van der Waals surface area contributed by atoms with Crippen LogP contribution in [0.4, 0.5) is 0 Å². The Kier molecular flexibility index (Phi) is 6.95. The van der Waals surface area contributed by atoms with Gasteiger partial charge in [-0.2, -0.15) is 11.8 Å². The Balaban J connectivity index is 2.53. The second-order valence-corrected chi connectivity index (χ2v) is 5.70. The lowest BCUT2D eigenvalue weighted by Crippen LogP contribution is -2.41. The lowest BCUT2D eigenvalue weighted by molar-refractivity contribution is -0.123. The number of carbonyl (C=O) groups is 1. The minimum Gasteiger partial charge on any atom is -0.348 e. The topological polar surface area (TPSA) is 55.1 Å². The molecule has 1 rings (SSSR count). The highest BCUT2D eigenvalue weighted by atomic mass is 32.2. The lowest BCUT2D eigenvalue weighted by Gasteiger charge is -2.18. The van der Waals surface area contributed by atoms with Crippen molar-refractivity contribution in [3.8, 4) is 0 Å². The van der Waals surface area contributed by atoms with Gasteiger partial charge >= 0.3 is 0 Å². The van der Waals surface area contributed by atoms with Gasteiger partial charge in [-0.1, -0.05) is 31.2 Å². The van der Waals surface area contributed by atoms with Crippen molar-refractivity contribution in [2.75, 3.05) is 12.0 Å². The van der Waals surface area contributed by atoms with Crippen LogP contribution in [0.5, 0.6) is 0 Å². The van der Waals surface area contributed by atoms with Gasteiger partial charge in [0.25, 0.3) is 0 Å². The van der Waals surface area contributed by atoms with Crippen molar-refractivity contribution in [1.29, 1.82) is 0 Å². The van der Waals surface area contributed by atoms with Gasteiger partial charge in [0.05, 0.1) is 12.1 Å². The molecule has 0 radical (unpaired) electrons. The first-order valence-electron chi connectivity index (χ1n) is 6.72. The molecule has 0 saturated carbocycles. The van der Waals surface area contributed by atoms with Crippen LogP contribution in [0.3, 0.4) is 0 Å². The third-order valence-electron chi connectivity index (χ3n) is 3.22. The Morgan fingerprint density at radius 1 is 1.37 bits per heavy atom.